The van der Waals surface area contributed by atoms with E-state index in [4.69, 9.17) is 4.74 Å². The summed E-state index contributed by atoms with van der Waals surface area (Å²) >= 11 is 0. The van der Waals surface area contributed by atoms with Gasteiger partial charge < -0.3 is 9.84 Å². The van der Waals surface area contributed by atoms with Crippen LogP contribution in [0, 0.1) is 0 Å². The lowest BCUT2D eigenvalue weighted by Crippen LogP contribution is -2.22. The Bertz CT molecular complexity index is 820. The number of esters is 1. The Hall–Kier alpha value is -2.95. The summed E-state index contributed by atoms with van der Waals surface area (Å²) in [5, 5.41) is 9.92. The van der Waals surface area contributed by atoms with Crippen molar-refractivity contribution in [2.75, 3.05) is 0 Å². The van der Waals surface area contributed by atoms with Gasteiger partial charge in [-0.3, -0.25) is 14.4 Å². The molecule has 0 saturated carbocycles. The van der Waals surface area contributed by atoms with Crippen LogP contribution in [0.5, 0.6) is 11.5 Å². The summed E-state index contributed by atoms with van der Waals surface area (Å²) in [6.45, 7) is 1.59. The van der Waals surface area contributed by atoms with Crippen LogP contribution >= 0.6 is 0 Å². The molecule has 22 heavy (non-hydrogen) atoms. The highest BCUT2D eigenvalue weighted by Crippen LogP contribution is 2.38. The van der Waals surface area contributed by atoms with Crippen molar-refractivity contribution < 1.29 is 24.2 Å². The number of phenolic OH excluding ortho intramolecular Hbond substituents is 1. The van der Waals surface area contributed by atoms with Gasteiger partial charge in [-0.25, -0.2) is 0 Å². The van der Waals surface area contributed by atoms with Gasteiger partial charge in [0.25, 0.3) is 0 Å². The fourth-order valence-electron chi connectivity index (χ4n) is 2.43. The van der Waals surface area contributed by atoms with Crippen molar-refractivity contribution >= 4 is 17.5 Å². The van der Waals surface area contributed by atoms with E-state index >= 15 is 0 Å². The zero-order valence-electron chi connectivity index (χ0n) is 11.8. The summed E-state index contributed by atoms with van der Waals surface area (Å²) in [6.07, 6.45) is 0.0852. The lowest BCUT2D eigenvalue weighted by atomic mass is 9.83. The van der Waals surface area contributed by atoms with E-state index in [-0.39, 0.29) is 40.4 Å². The summed E-state index contributed by atoms with van der Waals surface area (Å²) in [5.41, 5.74) is 0.601. The minimum Gasteiger partial charge on any atom is -0.504 e. The smallest absolute Gasteiger partial charge is 0.311 e. The number of rotatable bonds is 2. The number of ether oxygens (including phenoxy) is 1. The first-order chi connectivity index (χ1) is 10.5. The van der Waals surface area contributed by atoms with Crippen LogP contribution in [0.4, 0.5) is 0 Å². The summed E-state index contributed by atoms with van der Waals surface area (Å²) in [7, 11) is 0. The van der Waals surface area contributed by atoms with Crippen molar-refractivity contribution in [3.63, 3.8) is 0 Å². The predicted octanol–water partition coefficient (Wildman–Crippen LogP) is 2.48. The van der Waals surface area contributed by atoms with E-state index in [0.717, 1.165) is 0 Å². The summed E-state index contributed by atoms with van der Waals surface area (Å²) in [5.74, 6) is -1.97. The number of carbonyl (C=O) groups is 3. The van der Waals surface area contributed by atoms with Crippen LogP contribution in [0.15, 0.2) is 36.4 Å². The molecule has 0 heterocycles. The lowest BCUT2D eigenvalue weighted by molar-refractivity contribution is -0.134. The first-order valence-corrected chi connectivity index (χ1v) is 6.79. The molecule has 0 atom stereocenters. The maximum atomic E-state index is 12.6. The van der Waals surface area contributed by atoms with Gasteiger partial charge in [0.05, 0.1) is 5.56 Å². The molecule has 0 bridgehead atoms. The molecule has 1 aliphatic rings. The SMILES string of the molecule is CCC(=O)Oc1c(O)ccc2c1C(=O)c1ccccc1C2=O. The molecule has 0 radical (unpaired) electrons. The van der Waals surface area contributed by atoms with E-state index in [1.54, 1.807) is 25.1 Å². The Morgan fingerprint density at radius 3 is 2.27 bits per heavy atom. The molecule has 0 aromatic heterocycles. The topological polar surface area (TPSA) is 80.7 Å². The van der Waals surface area contributed by atoms with E-state index in [9.17, 15) is 19.5 Å². The molecular formula is C17H12O5. The van der Waals surface area contributed by atoms with Crippen molar-refractivity contribution in [3.05, 3.63) is 58.7 Å². The second-order valence-corrected chi connectivity index (χ2v) is 4.87. The largest absolute Gasteiger partial charge is 0.504 e. The van der Waals surface area contributed by atoms with Gasteiger partial charge >= 0.3 is 5.97 Å². The predicted molar refractivity (Wildman–Crippen MR) is 77.3 cm³/mol. The number of benzene rings is 2. The zero-order valence-corrected chi connectivity index (χ0v) is 11.8. The van der Waals surface area contributed by atoms with E-state index in [0.29, 0.717) is 5.56 Å². The van der Waals surface area contributed by atoms with Gasteiger partial charge in [0, 0.05) is 23.1 Å². The number of fused-ring (bicyclic) bond motifs is 2. The Labute approximate surface area is 126 Å². The molecule has 0 spiro atoms. The van der Waals surface area contributed by atoms with Crippen LogP contribution in [0.3, 0.4) is 0 Å². The molecule has 0 fully saturated rings. The maximum Gasteiger partial charge on any atom is 0.311 e. The zero-order chi connectivity index (χ0) is 15.9. The number of hydrogen-bond acceptors (Lipinski definition) is 5. The van der Waals surface area contributed by atoms with Crippen molar-refractivity contribution in [3.8, 4) is 11.5 Å². The van der Waals surface area contributed by atoms with E-state index in [2.05, 4.69) is 0 Å². The Balaban J connectivity index is 2.24. The average Bonchev–Trinajstić information content (AvgIpc) is 2.54. The molecule has 2 aromatic rings. The maximum absolute atomic E-state index is 12.6. The first-order valence-electron chi connectivity index (χ1n) is 6.79. The Morgan fingerprint density at radius 1 is 1.00 bits per heavy atom. The van der Waals surface area contributed by atoms with Gasteiger partial charge in [-0.15, -0.1) is 0 Å². The molecule has 2 aromatic carbocycles. The van der Waals surface area contributed by atoms with Crippen LogP contribution < -0.4 is 4.74 Å². The Kier molecular flexibility index (Phi) is 3.25. The van der Waals surface area contributed by atoms with Gasteiger partial charge in [0.1, 0.15) is 0 Å². The monoisotopic (exact) mass is 296 g/mol. The molecule has 110 valence electrons. The molecule has 0 amide bonds. The van der Waals surface area contributed by atoms with E-state index in [1.807, 2.05) is 0 Å². The van der Waals surface area contributed by atoms with Crippen molar-refractivity contribution in [1.29, 1.82) is 0 Å². The highest BCUT2D eigenvalue weighted by Gasteiger charge is 2.34. The molecule has 0 saturated heterocycles. The standard InChI is InChI=1S/C17H12O5/c1-2-13(19)22-17-12(18)8-7-11-14(17)16(21)10-6-4-3-5-9(10)15(11)20/h3-8,18H,2H2,1H3. The van der Waals surface area contributed by atoms with Crippen LogP contribution in [0.1, 0.15) is 45.2 Å². The second kappa shape index (κ2) is 5.11. The van der Waals surface area contributed by atoms with Gasteiger partial charge in [0.2, 0.25) is 0 Å². The van der Waals surface area contributed by atoms with Gasteiger partial charge in [-0.05, 0) is 12.1 Å². The molecule has 3 rings (SSSR count). The second-order valence-electron chi connectivity index (χ2n) is 4.87. The molecule has 5 nitrogen and oxygen atoms in total. The Morgan fingerprint density at radius 2 is 1.64 bits per heavy atom. The third-order valence-electron chi connectivity index (χ3n) is 3.53. The average molecular weight is 296 g/mol. The van der Waals surface area contributed by atoms with E-state index in [1.165, 1.54) is 18.2 Å². The molecular weight excluding hydrogens is 284 g/mol. The number of hydrogen-bond donors (Lipinski definition) is 1. The van der Waals surface area contributed by atoms with Crippen molar-refractivity contribution in [2.24, 2.45) is 0 Å². The quantitative estimate of drug-likeness (QED) is 0.580. The van der Waals surface area contributed by atoms with Crippen molar-refractivity contribution in [1.82, 2.24) is 0 Å². The number of ketones is 2. The number of aromatic hydroxyl groups is 1. The molecule has 0 unspecified atom stereocenters. The highest BCUT2D eigenvalue weighted by molar-refractivity contribution is 6.29. The number of phenols is 1. The van der Waals surface area contributed by atoms with Crippen molar-refractivity contribution in [2.45, 2.75) is 13.3 Å². The van der Waals surface area contributed by atoms with Crippen LogP contribution in [-0.2, 0) is 4.79 Å². The minimum absolute atomic E-state index is 0.0644. The van der Waals surface area contributed by atoms with Gasteiger partial charge in [-0.1, -0.05) is 31.2 Å². The minimum atomic E-state index is -0.595. The summed E-state index contributed by atoms with van der Waals surface area (Å²) in [4.78, 5) is 36.7. The number of carbonyl (C=O) groups excluding carboxylic acids is 3. The summed E-state index contributed by atoms with van der Waals surface area (Å²) in [6, 6.07) is 9.04. The summed E-state index contributed by atoms with van der Waals surface area (Å²) < 4.78 is 5.06. The molecule has 1 N–H and O–H groups in total. The highest BCUT2D eigenvalue weighted by atomic mass is 16.5. The van der Waals surface area contributed by atoms with E-state index < -0.39 is 11.8 Å². The van der Waals surface area contributed by atoms with Crippen LogP contribution in [0.25, 0.3) is 0 Å². The van der Waals surface area contributed by atoms with Crippen LogP contribution in [-0.4, -0.2) is 22.6 Å². The van der Waals surface area contributed by atoms with Gasteiger partial charge in [-0.2, -0.15) is 0 Å². The lowest BCUT2D eigenvalue weighted by Gasteiger charge is -2.20. The fourth-order valence-corrected chi connectivity index (χ4v) is 2.43. The third-order valence-corrected chi connectivity index (χ3v) is 3.53. The van der Waals surface area contributed by atoms with Crippen LogP contribution in [0.2, 0.25) is 0 Å². The molecule has 5 heteroatoms. The fraction of sp³-hybridized carbons (Fsp3) is 0.118. The van der Waals surface area contributed by atoms with Gasteiger partial charge in [0.15, 0.2) is 23.1 Å². The first kappa shape index (κ1) is 14.0. The molecule has 1 aliphatic carbocycles. The molecule has 0 aliphatic heterocycles. The third kappa shape index (κ3) is 1.98. The normalized spacial score (nSPS) is 12.6.